The van der Waals surface area contributed by atoms with Gasteiger partial charge in [0.1, 0.15) is 5.84 Å². The van der Waals surface area contributed by atoms with Crippen LogP contribution in [-0.4, -0.2) is 23.7 Å². The third kappa shape index (κ3) is 1.03. The summed E-state index contributed by atoms with van der Waals surface area (Å²) < 4.78 is 0. The molecule has 0 radical (unpaired) electrons. The summed E-state index contributed by atoms with van der Waals surface area (Å²) in [5.74, 6) is -0.768. The molecule has 0 aromatic carbocycles. The smallest absolute Gasteiger partial charge is 0.273 e. The molecule has 0 saturated carbocycles. The van der Waals surface area contributed by atoms with Gasteiger partial charge in [-0.05, 0) is 6.92 Å². The Bertz CT molecular complexity index is 221. The zero-order valence-corrected chi connectivity index (χ0v) is 5.42. The Morgan fingerprint density at radius 1 is 1.60 bits per heavy atom. The van der Waals surface area contributed by atoms with Crippen LogP contribution in [0.1, 0.15) is 6.92 Å². The molecule has 0 aromatic rings. The third-order valence-corrected chi connectivity index (χ3v) is 1.13. The van der Waals surface area contributed by atoms with Crippen molar-refractivity contribution in [2.24, 2.45) is 10.7 Å². The van der Waals surface area contributed by atoms with Gasteiger partial charge in [0.05, 0.1) is 0 Å². The van der Waals surface area contributed by atoms with Crippen LogP contribution in [0.4, 0.5) is 0 Å². The Morgan fingerprint density at radius 3 is 2.70 bits per heavy atom. The topological polar surface area (TPSA) is 84.6 Å². The number of nitrogens with zero attached hydrogens (tertiary/aromatic N) is 1. The first-order chi connectivity index (χ1) is 4.61. The Morgan fingerprint density at radius 2 is 2.20 bits per heavy atom. The number of aliphatic imine (C=N–C) groups is 1. The third-order valence-electron chi connectivity index (χ3n) is 1.13. The van der Waals surface area contributed by atoms with E-state index in [9.17, 15) is 9.59 Å². The minimum absolute atomic E-state index is 0.303. The molecular weight excluding hydrogens is 134 g/mol. The zero-order chi connectivity index (χ0) is 7.72. The SMILES string of the molecule is CC1=NC(=O)C(N)C(=O)N1. The van der Waals surface area contributed by atoms with Crippen LogP contribution >= 0.6 is 0 Å². The number of carbonyl (C=O) groups excluding carboxylic acids is 2. The number of carbonyl (C=O) groups is 2. The molecule has 1 heterocycles. The van der Waals surface area contributed by atoms with Gasteiger partial charge in [-0.25, -0.2) is 0 Å². The van der Waals surface area contributed by atoms with E-state index in [0.717, 1.165) is 0 Å². The van der Waals surface area contributed by atoms with Gasteiger partial charge in [0, 0.05) is 0 Å². The average Bonchev–Trinajstić information content (AvgIpc) is 1.82. The van der Waals surface area contributed by atoms with Crippen molar-refractivity contribution in [3.63, 3.8) is 0 Å². The second kappa shape index (κ2) is 2.18. The monoisotopic (exact) mass is 141 g/mol. The molecular formula is C5H7N3O2. The van der Waals surface area contributed by atoms with E-state index < -0.39 is 17.9 Å². The number of amidine groups is 1. The summed E-state index contributed by atoms with van der Waals surface area (Å²) in [4.78, 5) is 24.8. The van der Waals surface area contributed by atoms with Gasteiger partial charge in [-0.2, -0.15) is 4.99 Å². The number of nitrogens with two attached hydrogens (primary N) is 1. The van der Waals surface area contributed by atoms with Crippen LogP contribution in [0.5, 0.6) is 0 Å². The van der Waals surface area contributed by atoms with E-state index in [4.69, 9.17) is 5.73 Å². The Labute approximate surface area is 57.3 Å². The minimum atomic E-state index is -1.12. The molecule has 0 saturated heterocycles. The lowest BCUT2D eigenvalue weighted by Crippen LogP contribution is -2.51. The highest BCUT2D eigenvalue weighted by Gasteiger charge is 2.25. The molecule has 0 aromatic heterocycles. The molecule has 1 aliphatic rings. The van der Waals surface area contributed by atoms with Gasteiger partial charge in [0.15, 0.2) is 6.04 Å². The van der Waals surface area contributed by atoms with Crippen molar-refractivity contribution in [1.29, 1.82) is 0 Å². The lowest BCUT2D eigenvalue weighted by molar-refractivity contribution is -0.129. The van der Waals surface area contributed by atoms with E-state index in [1.165, 1.54) is 6.92 Å². The summed E-state index contributed by atoms with van der Waals surface area (Å²) in [6, 6.07) is -1.12. The zero-order valence-electron chi connectivity index (χ0n) is 5.42. The molecule has 0 bridgehead atoms. The summed E-state index contributed by atoms with van der Waals surface area (Å²) in [5, 5.41) is 2.32. The van der Waals surface area contributed by atoms with Crippen LogP contribution in [0.25, 0.3) is 0 Å². The van der Waals surface area contributed by atoms with Crippen molar-refractivity contribution in [2.75, 3.05) is 0 Å². The Balaban J connectivity index is 2.89. The quantitative estimate of drug-likeness (QED) is 0.398. The van der Waals surface area contributed by atoms with Crippen molar-refractivity contribution in [1.82, 2.24) is 5.32 Å². The summed E-state index contributed by atoms with van der Waals surface area (Å²) in [5.41, 5.74) is 5.12. The van der Waals surface area contributed by atoms with Gasteiger partial charge in [0.25, 0.3) is 11.8 Å². The molecule has 2 amide bonds. The predicted octanol–water partition coefficient (Wildman–Crippen LogP) is -1.61. The lowest BCUT2D eigenvalue weighted by atomic mass is 10.2. The fraction of sp³-hybridized carbons (Fsp3) is 0.400. The van der Waals surface area contributed by atoms with Crippen LogP contribution in [0.2, 0.25) is 0 Å². The molecule has 1 atom stereocenters. The van der Waals surface area contributed by atoms with Crippen LogP contribution in [0.15, 0.2) is 4.99 Å². The largest absolute Gasteiger partial charge is 0.313 e. The van der Waals surface area contributed by atoms with E-state index in [2.05, 4.69) is 10.3 Å². The second-order valence-electron chi connectivity index (χ2n) is 2.00. The van der Waals surface area contributed by atoms with E-state index in [-0.39, 0.29) is 0 Å². The average molecular weight is 141 g/mol. The number of nitrogens with one attached hydrogen (secondary N) is 1. The summed E-state index contributed by atoms with van der Waals surface area (Å²) in [7, 11) is 0. The van der Waals surface area contributed by atoms with Crippen LogP contribution in [0.3, 0.4) is 0 Å². The summed E-state index contributed by atoms with van der Waals surface area (Å²) in [6.45, 7) is 1.53. The first kappa shape index (κ1) is 6.88. The Kier molecular flexibility index (Phi) is 1.50. The van der Waals surface area contributed by atoms with Crippen molar-refractivity contribution < 1.29 is 9.59 Å². The molecule has 0 fully saturated rings. The van der Waals surface area contributed by atoms with E-state index in [1.807, 2.05) is 0 Å². The lowest BCUT2D eigenvalue weighted by Gasteiger charge is -2.13. The molecule has 1 aliphatic heterocycles. The maximum Gasteiger partial charge on any atom is 0.273 e. The van der Waals surface area contributed by atoms with E-state index >= 15 is 0 Å². The maximum atomic E-state index is 10.7. The summed E-state index contributed by atoms with van der Waals surface area (Å²) in [6.07, 6.45) is 0. The molecule has 1 unspecified atom stereocenters. The molecule has 1 rings (SSSR count). The predicted molar refractivity (Wildman–Crippen MR) is 34.2 cm³/mol. The maximum absolute atomic E-state index is 10.7. The second-order valence-corrected chi connectivity index (χ2v) is 2.00. The van der Waals surface area contributed by atoms with Gasteiger partial charge in [0.2, 0.25) is 0 Å². The van der Waals surface area contributed by atoms with Crippen molar-refractivity contribution >= 4 is 17.6 Å². The highest BCUT2D eigenvalue weighted by Crippen LogP contribution is 1.92. The molecule has 5 nitrogen and oxygen atoms in total. The van der Waals surface area contributed by atoms with Gasteiger partial charge in [-0.3, -0.25) is 9.59 Å². The van der Waals surface area contributed by atoms with E-state index in [0.29, 0.717) is 5.84 Å². The minimum Gasteiger partial charge on any atom is -0.313 e. The summed E-state index contributed by atoms with van der Waals surface area (Å²) >= 11 is 0. The van der Waals surface area contributed by atoms with Gasteiger partial charge in [-0.15, -0.1) is 0 Å². The van der Waals surface area contributed by atoms with Crippen molar-refractivity contribution in [3.05, 3.63) is 0 Å². The number of hydrogen-bond donors (Lipinski definition) is 2. The standard InChI is InChI=1S/C5H7N3O2/c1-2-7-4(9)3(6)5(10)8-2/h3H,6H2,1H3,(H,7,8,9,10). The number of hydrogen-bond acceptors (Lipinski definition) is 3. The highest BCUT2D eigenvalue weighted by molar-refractivity contribution is 6.17. The molecule has 54 valence electrons. The van der Waals surface area contributed by atoms with Crippen LogP contribution in [-0.2, 0) is 9.59 Å². The molecule has 5 heteroatoms. The fourth-order valence-electron chi connectivity index (χ4n) is 0.631. The normalized spacial score (nSPS) is 25.8. The Hall–Kier alpha value is -1.23. The van der Waals surface area contributed by atoms with Crippen molar-refractivity contribution in [2.45, 2.75) is 13.0 Å². The molecule has 3 N–H and O–H groups in total. The van der Waals surface area contributed by atoms with Crippen LogP contribution < -0.4 is 11.1 Å². The van der Waals surface area contributed by atoms with Gasteiger partial charge in [-0.1, -0.05) is 0 Å². The van der Waals surface area contributed by atoms with Gasteiger partial charge >= 0.3 is 0 Å². The van der Waals surface area contributed by atoms with Crippen molar-refractivity contribution in [3.8, 4) is 0 Å². The fourth-order valence-corrected chi connectivity index (χ4v) is 0.631. The molecule has 0 spiro atoms. The number of amides is 2. The first-order valence-electron chi connectivity index (χ1n) is 2.77. The first-order valence-corrected chi connectivity index (χ1v) is 2.77. The molecule has 10 heavy (non-hydrogen) atoms. The molecule has 0 aliphatic carbocycles. The van der Waals surface area contributed by atoms with Gasteiger partial charge < -0.3 is 11.1 Å². The van der Waals surface area contributed by atoms with Crippen LogP contribution in [0, 0.1) is 0 Å². The number of rotatable bonds is 0. The highest BCUT2D eigenvalue weighted by atomic mass is 16.2. The van der Waals surface area contributed by atoms with E-state index in [1.54, 1.807) is 0 Å².